The maximum atomic E-state index is 13.1. The topological polar surface area (TPSA) is 26.0 Å². The van der Waals surface area contributed by atoms with Gasteiger partial charge in [0.1, 0.15) is 5.82 Å². The standard InChI is InChI=1S/C10H13ClFN/c1-7-5-8(3-2-4-13)6-9(11)10(7)12/h5-6H,2-4,13H2,1H3. The zero-order valence-electron chi connectivity index (χ0n) is 7.61. The van der Waals surface area contributed by atoms with Gasteiger partial charge in [-0.2, -0.15) is 0 Å². The first kappa shape index (κ1) is 10.5. The lowest BCUT2D eigenvalue weighted by Gasteiger charge is -2.04. The van der Waals surface area contributed by atoms with Crippen LogP contribution in [0.5, 0.6) is 0 Å². The highest BCUT2D eigenvalue weighted by atomic mass is 35.5. The van der Waals surface area contributed by atoms with Gasteiger partial charge in [0.15, 0.2) is 0 Å². The van der Waals surface area contributed by atoms with Crippen molar-refractivity contribution in [3.8, 4) is 0 Å². The van der Waals surface area contributed by atoms with Gasteiger partial charge < -0.3 is 5.73 Å². The van der Waals surface area contributed by atoms with Crippen molar-refractivity contribution < 1.29 is 4.39 Å². The van der Waals surface area contributed by atoms with Gasteiger partial charge in [-0.15, -0.1) is 0 Å². The summed E-state index contributed by atoms with van der Waals surface area (Å²) >= 11 is 5.69. The number of aryl methyl sites for hydroxylation is 2. The van der Waals surface area contributed by atoms with Gasteiger partial charge in [-0.25, -0.2) is 4.39 Å². The van der Waals surface area contributed by atoms with Gasteiger partial charge >= 0.3 is 0 Å². The summed E-state index contributed by atoms with van der Waals surface area (Å²) < 4.78 is 13.1. The Morgan fingerprint density at radius 1 is 1.46 bits per heavy atom. The SMILES string of the molecule is Cc1cc(CCCN)cc(Cl)c1F. The van der Waals surface area contributed by atoms with Gasteiger partial charge in [0.05, 0.1) is 5.02 Å². The summed E-state index contributed by atoms with van der Waals surface area (Å²) in [5, 5.41) is 0.201. The summed E-state index contributed by atoms with van der Waals surface area (Å²) in [7, 11) is 0. The Kier molecular flexibility index (Phi) is 3.70. The first-order valence-corrected chi connectivity index (χ1v) is 4.67. The summed E-state index contributed by atoms with van der Waals surface area (Å²) in [6, 6.07) is 3.48. The fourth-order valence-corrected chi connectivity index (χ4v) is 1.54. The van der Waals surface area contributed by atoms with Crippen LogP contribution in [0.15, 0.2) is 12.1 Å². The van der Waals surface area contributed by atoms with Gasteiger partial charge in [-0.3, -0.25) is 0 Å². The van der Waals surface area contributed by atoms with Crippen molar-refractivity contribution in [2.24, 2.45) is 5.73 Å². The highest BCUT2D eigenvalue weighted by molar-refractivity contribution is 6.30. The molecule has 0 heterocycles. The second-order valence-electron chi connectivity index (χ2n) is 3.10. The van der Waals surface area contributed by atoms with E-state index in [2.05, 4.69) is 0 Å². The molecule has 1 aromatic rings. The molecule has 0 aromatic heterocycles. The lowest BCUT2D eigenvalue weighted by atomic mass is 10.1. The summed E-state index contributed by atoms with van der Waals surface area (Å²) in [4.78, 5) is 0. The molecular weight excluding hydrogens is 189 g/mol. The zero-order chi connectivity index (χ0) is 9.84. The molecule has 0 amide bonds. The molecule has 0 saturated carbocycles. The summed E-state index contributed by atoms with van der Waals surface area (Å²) in [5.41, 5.74) is 7.02. The van der Waals surface area contributed by atoms with Crippen LogP contribution < -0.4 is 5.73 Å². The third-order valence-electron chi connectivity index (χ3n) is 1.94. The molecule has 72 valence electrons. The van der Waals surface area contributed by atoms with Gasteiger partial charge in [0.25, 0.3) is 0 Å². The Balaban J connectivity index is 2.86. The van der Waals surface area contributed by atoms with Crippen LogP contribution in [0.2, 0.25) is 5.02 Å². The number of nitrogens with two attached hydrogens (primary N) is 1. The highest BCUT2D eigenvalue weighted by Gasteiger charge is 2.04. The van der Waals surface area contributed by atoms with Gasteiger partial charge in [0, 0.05) is 0 Å². The number of rotatable bonds is 3. The Labute approximate surface area is 82.7 Å². The van der Waals surface area contributed by atoms with E-state index < -0.39 is 0 Å². The minimum atomic E-state index is -0.321. The second kappa shape index (κ2) is 4.58. The third-order valence-corrected chi connectivity index (χ3v) is 2.21. The fraction of sp³-hybridized carbons (Fsp3) is 0.400. The van der Waals surface area contributed by atoms with Crippen LogP contribution in [0.4, 0.5) is 4.39 Å². The molecule has 0 aliphatic rings. The minimum Gasteiger partial charge on any atom is -0.330 e. The van der Waals surface area contributed by atoms with Crippen LogP contribution in [-0.2, 0) is 6.42 Å². The highest BCUT2D eigenvalue weighted by Crippen LogP contribution is 2.20. The molecule has 0 aliphatic carbocycles. The summed E-state index contributed by atoms with van der Waals surface area (Å²) in [5.74, 6) is -0.321. The van der Waals surface area contributed by atoms with E-state index in [9.17, 15) is 4.39 Å². The van der Waals surface area contributed by atoms with E-state index in [-0.39, 0.29) is 10.8 Å². The van der Waals surface area contributed by atoms with E-state index in [1.807, 2.05) is 6.07 Å². The molecule has 0 saturated heterocycles. The zero-order valence-corrected chi connectivity index (χ0v) is 8.37. The first-order valence-electron chi connectivity index (χ1n) is 4.29. The Bertz CT molecular complexity index is 276. The largest absolute Gasteiger partial charge is 0.330 e. The average Bonchev–Trinajstić information content (AvgIpc) is 2.10. The number of halogens is 2. The van der Waals surface area contributed by atoms with E-state index >= 15 is 0 Å². The maximum absolute atomic E-state index is 13.1. The van der Waals surface area contributed by atoms with E-state index in [0.717, 1.165) is 18.4 Å². The molecule has 0 radical (unpaired) electrons. The van der Waals surface area contributed by atoms with E-state index in [1.165, 1.54) is 0 Å². The molecule has 0 spiro atoms. The Morgan fingerprint density at radius 2 is 2.15 bits per heavy atom. The number of hydrogen-bond donors (Lipinski definition) is 1. The van der Waals surface area contributed by atoms with Crippen molar-refractivity contribution in [1.29, 1.82) is 0 Å². The van der Waals surface area contributed by atoms with Crippen LogP contribution in [-0.4, -0.2) is 6.54 Å². The van der Waals surface area contributed by atoms with Crippen molar-refractivity contribution in [2.45, 2.75) is 19.8 Å². The molecule has 0 unspecified atom stereocenters. The molecule has 0 aliphatic heterocycles. The predicted molar refractivity (Wildman–Crippen MR) is 53.5 cm³/mol. The van der Waals surface area contributed by atoms with Gasteiger partial charge in [-0.05, 0) is 43.5 Å². The lowest BCUT2D eigenvalue weighted by molar-refractivity contribution is 0.617. The molecule has 0 atom stereocenters. The third kappa shape index (κ3) is 2.68. The normalized spacial score (nSPS) is 10.5. The maximum Gasteiger partial charge on any atom is 0.144 e. The lowest BCUT2D eigenvalue weighted by Crippen LogP contribution is -2.00. The summed E-state index contributed by atoms with van der Waals surface area (Å²) in [6.07, 6.45) is 1.76. The van der Waals surface area contributed by atoms with Crippen LogP contribution in [0.1, 0.15) is 17.5 Å². The molecule has 1 rings (SSSR count). The second-order valence-corrected chi connectivity index (χ2v) is 3.51. The molecule has 0 bridgehead atoms. The molecule has 3 heteroatoms. The van der Waals surface area contributed by atoms with Crippen molar-refractivity contribution in [3.05, 3.63) is 34.1 Å². The monoisotopic (exact) mass is 201 g/mol. The smallest absolute Gasteiger partial charge is 0.144 e. The van der Waals surface area contributed by atoms with E-state index in [0.29, 0.717) is 12.1 Å². The summed E-state index contributed by atoms with van der Waals surface area (Å²) in [6.45, 7) is 2.36. The van der Waals surface area contributed by atoms with Gasteiger partial charge in [-0.1, -0.05) is 17.7 Å². The van der Waals surface area contributed by atoms with Crippen molar-refractivity contribution in [3.63, 3.8) is 0 Å². The average molecular weight is 202 g/mol. The Morgan fingerprint density at radius 3 is 2.69 bits per heavy atom. The number of benzene rings is 1. The van der Waals surface area contributed by atoms with Crippen molar-refractivity contribution in [1.82, 2.24) is 0 Å². The quantitative estimate of drug-likeness (QED) is 0.800. The Hall–Kier alpha value is -0.600. The number of hydrogen-bond acceptors (Lipinski definition) is 1. The molecule has 1 nitrogen and oxygen atoms in total. The first-order chi connectivity index (χ1) is 6.15. The van der Waals surface area contributed by atoms with Crippen LogP contribution in [0, 0.1) is 12.7 Å². The van der Waals surface area contributed by atoms with E-state index in [1.54, 1.807) is 13.0 Å². The molecular formula is C10H13ClFN. The predicted octanol–water partition coefficient (Wildman–Crippen LogP) is 2.68. The van der Waals surface area contributed by atoms with Gasteiger partial charge in [0.2, 0.25) is 0 Å². The van der Waals surface area contributed by atoms with Crippen LogP contribution in [0.3, 0.4) is 0 Å². The van der Waals surface area contributed by atoms with Crippen molar-refractivity contribution in [2.75, 3.05) is 6.54 Å². The van der Waals surface area contributed by atoms with E-state index in [4.69, 9.17) is 17.3 Å². The molecule has 0 fully saturated rings. The van der Waals surface area contributed by atoms with Crippen LogP contribution in [0.25, 0.3) is 0 Å². The van der Waals surface area contributed by atoms with Crippen LogP contribution >= 0.6 is 11.6 Å². The fourth-order valence-electron chi connectivity index (χ4n) is 1.25. The minimum absolute atomic E-state index is 0.201. The molecule has 13 heavy (non-hydrogen) atoms. The molecule has 2 N–H and O–H groups in total. The van der Waals surface area contributed by atoms with Crippen molar-refractivity contribution >= 4 is 11.6 Å². The molecule has 1 aromatic carbocycles.